The zero-order valence-electron chi connectivity index (χ0n) is 7.94. The second-order valence-corrected chi connectivity index (χ2v) is 3.27. The highest BCUT2D eigenvalue weighted by atomic mass is 16.5. The zero-order chi connectivity index (χ0) is 9.97. The van der Waals surface area contributed by atoms with Gasteiger partial charge in [0.15, 0.2) is 0 Å². The average Bonchev–Trinajstić information content (AvgIpc) is 2.18. The van der Waals surface area contributed by atoms with Crippen LogP contribution in [0, 0.1) is 0 Å². The van der Waals surface area contributed by atoms with Gasteiger partial charge in [-0.3, -0.25) is 0 Å². The summed E-state index contributed by atoms with van der Waals surface area (Å²) in [4.78, 5) is 6.12. The molecule has 1 aliphatic rings. The predicted octanol–water partition coefficient (Wildman–Crippen LogP) is 0.0826. The van der Waals surface area contributed by atoms with Crippen LogP contribution in [-0.4, -0.2) is 31.3 Å². The van der Waals surface area contributed by atoms with Crippen LogP contribution in [0.1, 0.15) is 0 Å². The second kappa shape index (κ2) is 3.71. The summed E-state index contributed by atoms with van der Waals surface area (Å²) >= 11 is 0. The van der Waals surface area contributed by atoms with E-state index in [0.717, 1.165) is 32.0 Å². The molecular formula is C9H14N4O. The third-order valence-corrected chi connectivity index (χ3v) is 2.23. The maximum absolute atomic E-state index is 5.62. The number of nitrogens with zero attached hydrogens (tertiary/aromatic N) is 2. The Morgan fingerprint density at radius 1 is 1.14 bits per heavy atom. The molecule has 0 amide bonds. The minimum absolute atomic E-state index is 0.464. The minimum Gasteiger partial charge on any atom is -0.384 e. The average molecular weight is 194 g/mol. The zero-order valence-corrected chi connectivity index (χ0v) is 7.94. The van der Waals surface area contributed by atoms with Gasteiger partial charge < -0.3 is 21.1 Å². The van der Waals surface area contributed by atoms with Crippen LogP contribution in [0.5, 0.6) is 0 Å². The van der Waals surface area contributed by atoms with Crippen LogP contribution in [-0.2, 0) is 4.74 Å². The van der Waals surface area contributed by atoms with E-state index >= 15 is 0 Å². The molecule has 0 saturated carbocycles. The second-order valence-electron chi connectivity index (χ2n) is 3.27. The molecule has 1 saturated heterocycles. The molecule has 5 nitrogen and oxygen atoms in total. The maximum Gasteiger partial charge on any atom is 0.127 e. The maximum atomic E-state index is 5.62. The van der Waals surface area contributed by atoms with Crippen molar-refractivity contribution in [3.05, 3.63) is 12.1 Å². The van der Waals surface area contributed by atoms with E-state index in [1.165, 1.54) is 0 Å². The molecule has 0 unspecified atom stereocenters. The lowest BCUT2D eigenvalue weighted by Gasteiger charge is -2.28. The minimum atomic E-state index is 0.464. The molecule has 0 aliphatic carbocycles. The number of hydrogen-bond donors (Lipinski definition) is 2. The van der Waals surface area contributed by atoms with Crippen molar-refractivity contribution in [3.8, 4) is 0 Å². The van der Waals surface area contributed by atoms with Crippen LogP contribution in [0.15, 0.2) is 12.1 Å². The first-order chi connectivity index (χ1) is 6.75. The van der Waals surface area contributed by atoms with Crippen molar-refractivity contribution in [3.63, 3.8) is 0 Å². The summed E-state index contributed by atoms with van der Waals surface area (Å²) in [6, 6.07) is 3.67. The fraction of sp³-hybridized carbons (Fsp3) is 0.444. The number of aromatic nitrogens is 1. The molecule has 0 bridgehead atoms. The highest BCUT2D eigenvalue weighted by molar-refractivity contribution is 5.58. The molecule has 2 rings (SSSR count). The Balaban J connectivity index is 2.21. The quantitative estimate of drug-likeness (QED) is 0.662. The molecule has 5 heteroatoms. The first-order valence-corrected chi connectivity index (χ1v) is 4.61. The molecule has 4 N–H and O–H groups in total. The largest absolute Gasteiger partial charge is 0.384 e. The Kier molecular flexibility index (Phi) is 2.41. The summed E-state index contributed by atoms with van der Waals surface area (Å²) in [5.41, 5.74) is 12.3. The number of nitrogens with two attached hydrogens (primary N) is 2. The Labute approximate surface area is 82.7 Å². The van der Waals surface area contributed by atoms with Gasteiger partial charge in [0, 0.05) is 30.9 Å². The van der Waals surface area contributed by atoms with Crippen LogP contribution in [0.2, 0.25) is 0 Å². The van der Waals surface area contributed by atoms with Crippen LogP contribution < -0.4 is 16.4 Å². The van der Waals surface area contributed by atoms with Gasteiger partial charge in [0.05, 0.1) is 13.2 Å². The molecule has 76 valence electrons. The van der Waals surface area contributed by atoms with E-state index in [2.05, 4.69) is 9.88 Å². The van der Waals surface area contributed by atoms with Gasteiger partial charge in [-0.25, -0.2) is 4.98 Å². The normalized spacial score (nSPS) is 17.0. The van der Waals surface area contributed by atoms with Crippen molar-refractivity contribution >= 4 is 17.3 Å². The Hall–Kier alpha value is -1.49. The number of morpholine rings is 1. The van der Waals surface area contributed by atoms with Crippen molar-refractivity contribution in [2.24, 2.45) is 0 Å². The standard InChI is InChI=1S/C9H14N4O/c10-8-5-7(6-9(11)12-8)13-1-3-14-4-2-13/h5-6H,1-4H2,(H4,10,11,12). The fourth-order valence-corrected chi connectivity index (χ4v) is 1.56. The van der Waals surface area contributed by atoms with Crippen molar-refractivity contribution < 1.29 is 4.74 Å². The number of ether oxygens (including phenoxy) is 1. The molecule has 1 fully saturated rings. The number of hydrogen-bond acceptors (Lipinski definition) is 5. The van der Waals surface area contributed by atoms with E-state index in [1.54, 1.807) is 0 Å². The van der Waals surface area contributed by atoms with Crippen molar-refractivity contribution in [2.75, 3.05) is 42.7 Å². The van der Waals surface area contributed by atoms with Gasteiger partial charge in [-0.05, 0) is 0 Å². The Bertz CT molecular complexity index is 302. The highest BCUT2D eigenvalue weighted by Crippen LogP contribution is 2.19. The number of pyridine rings is 1. The van der Waals surface area contributed by atoms with E-state index in [4.69, 9.17) is 16.2 Å². The number of rotatable bonds is 1. The van der Waals surface area contributed by atoms with Crippen molar-refractivity contribution in [1.82, 2.24) is 4.98 Å². The monoisotopic (exact) mass is 194 g/mol. The van der Waals surface area contributed by atoms with E-state index in [-0.39, 0.29) is 0 Å². The molecular weight excluding hydrogens is 180 g/mol. The lowest BCUT2D eigenvalue weighted by Crippen LogP contribution is -2.36. The van der Waals surface area contributed by atoms with Gasteiger partial charge in [0.1, 0.15) is 11.6 Å². The molecule has 14 heavy (non-hydrogen) atoms. The fourth-order valence-electron chi connectivity index (χ4n) is 1.56. The molecule has 0 aromatic carbocycles. The predicted molar refractivity (Wildman–Crippen MR) is 56.1 cm³/mol. The lowest BCUT2D eigenvalue weighted by molar-refractivity contribution is 0.122. The van der Waals surface area contributed by atoms with Crippen molar-refractivity contribution in [1.29, 1.82) is 0 Å². The topological polar surface area (TPSA) is 77.4 Å². The summed E-state index contributed by atoms with van der Waals surface area (Å²) in [5.74, 6) is 0.929. The summed E-state index contributed by atoms with van der Waals surface area (Å²) in [6.45, 7) is 3.26. The molecule has 1 aliphatic heterocycles. The van der Waals surface area contributed by atoms with Crippen LogP contribution in [0.3, 0.4) is 0 Å². The summed E-state index contributed by atoms with van der Waals surface area (Å²) in [7, 11) is 0. The van der Waals surface area contributed by atoms with Gasteiger partial charge in [-0.2, -0.15) is 0 Å². The molecule has 2 heterocycles. The van der Waals surface area contributed by atoms with Crippen LogP contribution in [0.4, 0.5) is 17.3 Å². The third-order valence-electron chi connectivity index (χ3n) is 2.23. The summed E-state index contributed by atoms with van der Waals surface area (Å²) in [6.07, 6.45) is 0. The highest BCUT2D eigenvalue weighted by Gasteiger charge is 2.11. The van der Waals surface area contributed by atoms with Gasteiger partial charge in [0.25, 0.3) is 0 Å². The lowest BCUT2D eigenvalue weighted by atomic mass is 10.3. The first-order valence-electron chi connectivity index (χ1n) is 4.61. The van der Waals surface area contributed by atoms with E-state index in [9.17, 15) is 0 Å². The third kappa shape index (κ3) is 1.88. The molecule has 0 atom stereocenters. The number of anilines is 3. The molecule has 1 aromatic heterocycles. The molecule has 1 aromatic rings. The summed E-state index contributed by atoms with van der Waals surface area (Å²) in [5, 5.41) is 0. The SMILES string of the molecule is Nc1cc(N2CCOCC2)cc(N)n1. The van der Waals surface area contributed by atoms with E-state index in [0.29, 0.717) is 11.6 Å². The van der Waals surface area contributed by atoms with E-state index in [1.807, 2.05) is 12.1 Å². The van der Waals surface area contributed by atoms with E-state index < -0.39 is 0 Å². The first kappa shape index (κ1) is 9.08. The van der Waals surface area contributed by atoms with Crippen LogP contribution >= 0.6 is 0 Å². The number of nitrogen functional groups attached to an aromatic ring is 2. The van der Waals surface area contributed by atoms with Gasteiger partial charge in [0.2, 0.25) is 0 Å². The Morgan fingerprint density at radius 2 is 1.71 bits per heavy atom. The molecule has 0 radical (unpaired) electrons. The summed E-state index contributed by atoms with van der Waals surface area (Å²) < 4.78 is 5.26. The van der Waals surface area contributed by atoms with Crippen molar-refractivity contribution in [2.45, 2.75) is 0 Å². The molecule has 0 spiro atoms. The van der Waals surface area contributed by atoms with Gasteiger partial charge in [-0.15, -0.1) is 0 Å². The van der Waals surface area contributed by atoms with Crippen LogP contribution in [0.25, 0.3) is 0 Å². The van der Waals surface area contributed by atoms with Gasteiger partial charge >= 0.3 is 0 Å². The van der Waals surface area contributed by atoms with Gasteiger partial charge in [-0.1, -0.05) is 0 Å². The Morgan fingerprint density at radius 3 is 2.29 bits per heavy atom. The smallest absolute Gasteiger partial charge is 0.127 e.